The Morgan fingerprint density at radius 2 is 2.08 bits per heavy atom. The van der Waals surface area contributed by atoms with Gasteiger partial charge in [0.25, 0.3) is 0 Å². The summed E-state index contributed by atoms with van der Waals surface area (Å²) in [7, 11) is 1.84. The van der Waals surface area contributed by atoms with Crippen LogP contribution in [0.1, 0.15) is 21.4 Å². The highest BCUT2D eigenvalue weighted by atomic mass is 79.9. The first kappa shape index (κ1) is 11.2. The SMILES string of the molecule is CNCC(O)c1c(C)sc(C)c1Br. The van der Waals surface area contributed by atoms with E-state index in [0.29, 0.717) is 6.54 Å². The first-order chi connectivity index (χ1) is 6.07. The molecular weight excluding hydrogens is 250 g/mol. The third kappa shape index (κ3) is 2.31. The molecule has 2 N–H and O–H groups in total. The van der Waals surface area contributed by atoms with Gasteiger partial charge in [-0.05, 0) is 36.8 Å². The van der Waals surface area contributed by atoms with Crippen LogP contribution in [0.15, 0.2) is 4.47 Å². The van der Waals surface area contributed by atoms with Crippen molar-refractivity contribution in [2.75, 3.05) is 13.6 Å². The number of nitrogens with one attached hydrogen (secondary N) is 1. The van der Waals surface area contributed by atoms with E-state index in [-0.39, 0.29) is 0 Å². The van der Waals surface area contributed by atoms with Crippen LogP contribution >= 0.6 is 27.3 Å². The average molecular weight is 264 g/mol. The van der Waals surface area contributed by atoms with Gasteiger partial charge >= 0.3 is 0 Å². The Kier molecular flexibility index (Phi) is 3.91. The number of rotatable bonds is 3. The Bertz CT molecular complexity index is 298. The van der Waals surface area contributed by atoms with Gasteiger partial charge in [-0.25, -0.2) is 0 Å². The van der Waals surface area contributed by atoms with Crippen molar-refractivity contribution < 1.29 is 5.11 Å². The fraction of sp³-hybridized carbons (Fsp3) is 0.556. The number of aliphatic hydroxyl groups is 1. The number of hydrogen-bond acceptors (Lipinski definition) is 3. The normalized spacial score (nSPS) is 13.3. The van der Waals surface area contributed by atoms with Gasteiger partial charge in [-0.15, -0.1) is 11.3 Å². The summed E-state index contributed by atoms with van der Waals surface area (Å²) in [6, 6.07) is 0. The number of aryl methyl sites for hydroxylation is 2. The van der Waals surface area contributed by atoms with E-state index in [0.717, 1.165) is 10.0 Å². The minimum Gasteiger partial charge on any atom is -0.387 e. The van der Waals surface area contributed by atoms with E-state index in [2.05, 4.69) is 28.2 Å². The van der Waals surface area contributed by atoms with Crippen LogP contribution in [0.25, 0.3) is 0 Å². The maximum atomic E-state index is 9.81. The zero-order valence-electron chi connectivity index (χ0n) is 8.02. The Balaban J connectivity index is 2.98. The highest BCUT2D eigenvalue weighted by Gasteiger charge is 2.17. The smallest absolute Gasteiger partial charge is 0.0935 e. The van der Waals surface area contributed by atoms with Crippen molar-refractivity contribution >= 4 is 27.3 Å². The van der Waals surface area contributed by atoms with Crippen molar-refractivity contribution in [1.82, 2.24) is 5.32 Å². The molecule has 1 aromatic heterocycles. The molecule has 0 aliphatic heterocycles. The number of thiophene rings is 1. The van der Waals surface area contributed by atoms with Gasteiger partial charge in [-0.1, -0.05) is 0 Å². The molecule has 0 spiro atoms. The van der Waals surface area contributed by atoms with Gasteiger partial charge in [0.2, 0.25) is 0 Å². The zero-order valence-corrected chi connectivity index (χ0v) is 10.4. The highest BCUT2D eigenvalue weighted by Crippen LogP contribution is 2.35. The molecule has 0 aliphatic carbocycles. The Morgan fingerprint density at radius 3 is 2.46 bits per heavy atom. The summed E-state index contributed by atoms with van der Waals surface area (Å²) in [6.45, 7) is 4.68. The molecular formula is C9H14BrNOS. The van der Waals surface area contributed by atoms with Gasteiger partial charge in [0, 0.05) is 26.3 Å². The summed E-state index contributed by atoms with van der Waals surface area (Å²) < 4.78 is 1.05. The lowest BCUT2D eigenvalue weighted by Gasteiger charge is -2.10. The predicted molar refractivity (Wildman–Crippen MR) is 60.4 cm³/mol. The molecule has 0 aliphatic rings. The van der Waals surface area contributed by atoms with E-state index in [1.165, 1.54) is 9.75 Å². The van der Waals surface area contributed by atoms with E-state index >= 15 is 0 Å². The van der Waals surface area contributed by atoms with E-state index in [4.69, 9.17) is 0 Å². The molecule has 0 amide bonds. The first-order valence-corrected chi connectivity index (χ1v) is 5.77. The lowest BCUT2D eigenvalue weighted by molar-refractivity contribution is 0.177. The molecule has 1 unspecified atom stereocenters. The van der Waals surface area contributed by atoms with Gasteiger partial charge in [-0.2, -0.15) is 0 Å². The van der Waals surface area contributed by atoms with Crippen LogP contribution in [0, 0.1) is 13.8 Å². The van der Waals surface area contributed by atoms with Gasteiger partial charge < -0.3 is 10.4 Å². The minimum absolute atomic E-state index is 0.413. The molecule has 0 radical (unpaired) electrons. The number of halogens is 1. The van der Waals surface area contributed by atoms with Crippen LogP contribution in [-0.4, -0.2) is 18.7 Å². The molecule has 0 saturated carbocycles. The number of likely N-dealkylation sites (N-methyl/N-ethyl adjacent to an activating group) is 1. The highest BCUT2D eigenvalue weighted by molar-refractivity contribution is 9.10. The van der Waals surface area contributed by atoms with Crippen molar-refractivity contribution in [3.05, 3.63) is 19.8 Å². The van der Waals surface area contributed by atoms with Crippen LogP contribution in [0.2, 0.25) is 0 Å². The third-order valence-electron chi connectivity index (χ3n) is 1.96. The molecule has 0 aromatic carbocycles. The third-order valence-corrected chi connectivity index (χ3v) is 4.28. The van der Waals surface area contributed by atoms with Crippen molar-refractivity contribution in [2.24, 2.45) is 0 Å². The van der Waals surface area contributed by atoms with E-state index in [1.54, 1.807) is 11.3 Å². The molecule has 2 nitrogen and oxygen atoms in total. The topological polar surface area (TPSA) is 32.3 Å². The monoisotopic (exact) mass is 263 g/mol. The van der Waals surface area contributed by atoms with Crippen LogP contribution in [0.3, 0.4) is 0 Å². The summed E-state index contributed by atoms with van der Waals surface area (Å²) in [5.41, 5.74) is 1.02. The van der Waals surface area contributed by atoms with Crippen LogP contribution < -0.4 is 5.32 Å². The first-order valence-electron chi connectivity index (χ1n) is 4.16. The summed E-state index contributed by atoms with van der Waals surface area (Å²) in [5.74, 6) is 0. The minimum atomic E-state index is -0.413. The molecule has 0 bridgehead atoms. The summed E-state index contributed by atoms with van der Waals surface area (Å²) in [5, 5.41) is 12.8. The fourth-order valence-electron chi connectivity index (χ4n) is 1.35. The standard InChI is InChI=1S/C9H14BrNOS/c1-5-8(7(12)4-11-3)9(10)6(2)13-5/h7,11-12H,4H2,1-3H3. The average Bonchev–Trinajstić information content (AvgIpc) is 2.27. The Hall–Kier alpha value is 0.100. The van der Waals surface area contributed by atoms with Crippen LogP contribution in [0.4, 0.5) is 0 Å². The fourth-order valence-corrected chi connectivity index (χ4v) is 3.29. The summed E-state index contributed by atoms with van der Waals surface area (Å²) in [6.07, 6.45) is -0.413. The molecule has 1 aromatic rings. The van der Waals surface area contributed by atoms with E-state index in [1.807, 2.05) is 14.0 Å². The zero-order chi connectivity index (χ0) is 10.0. The predicted octanol–water partition coefficient (Wildman–Crippen LogP) is 2.38. The Morgan fingerprint density at radius 1 is 1.46 bits per heavy atom. The van der Waals surface area contributed by atoms with E-state index in [9.17, 15) is 5.11 Å². The molecule has 74 valence electrons. The molecule has 1 rings (SSSR count). The molecule has 0 saturated heterocycles. The van der Waals surface area contributed by atoms with Gasteiger partial charge in [0.05, 0.1) is 6.10 Å². The lowest BCUT2D eigenvalue weighted by Crippen LogP contribution is -2.17. The van der Waals surface area contributed by atoms with Crippen molar-refractivity contribution in [1.29, 1.82) is 0 Å². The van der Waals surface area contributed by atoms with Crippen molar-refractivity contribution in [3.63, 3.8) is 0 Å². The van der Waals surface area contributed by atoms with Gasteiger partial charge in [0.1, 0.15) is 0 Å². The molecule has 4 heteroatoms. The molecule has 0 fully saturated rings. The lowest BCUT2D eigenvalue weighted by atomic mass is 10.1. The molecule has 1 heterocycles. The second-order valence-corrected chi connectivity index (χ2v) is 5.24. The quantitative estimate of drug-likeness (QED) is 0.878. The van der Waals surface area contributed by atoms with Gasteiger partial charge in [-0.3, -0.25) is 0 Å². The molecule has 13 heavy (non-hydrogen) atoms. The largest absolute Gasteiger partial charge is 0.387 e. The Labute approximate surface area is 91.1 Å². The second-order valence-electron chi connectivity index (χ2n) is 3.02. The number of hydrogen-bond donors (Lipinski definition) is 2. The van der Waals surface area contributed by atoms with E-state index < -0.39 is 6.10 Å². The van der Waals surface area contributed by atoms with Crippen LogP contribution in [0.5, 0.6) is 0 Å². The maximum absolute atomic E-state index is 9.81. The summed E-state index contributed by atoms with van der Waals surface area (Å²) in [4.78, 5) is 2.41. The van der Waals surface area contributed by atoms with Crippen molar-refractivity contribution in [3.8, 4) is 0 Å². The molecule has 1 atom stereocenters. The van der Waals surface area contributed by atoms with Gasteiger partial charge in [0.15, 0.2) is 0 Å². The van der Waals surface area contributed by atoms with Crippen molar-refractivity contribution in [2.45, 2.75) is 20.0 Å². The second kappa shape index (κ2) is 4.55. The maximum Gasteiger partial charge on any atom is 0.0935 e. The van der Waals surface area contributed by atoms with Crippen LogP contribution in [-0.2, 0) is 0 Å². The summed E-state index contributed by atoms with van der Waals surface area (Å²) >= 11 is 5.21. The number of aliphatic hydroxyl groups excluding tert-OH is 1.